The highest BCUT2D eigenvalue weighted by molar-refractivity contribution is 6.38. The van der Waals surface area contributed by atoms with Crippen molar-refractivity contribution in [2.24, 2.45) is 11.8 Å². The van der Waals surface area contributed by atoms with Crippen molar-refractivity contribution in [3.8, 4) is 5.75 Å². The van der Waals surface area contributed by atoms with Gasteiger partial charge in [0, 0.05) is 7.11 Å². The molecule has 11 nitrogen and oxygen atoms in total. The van der Waals surface area contributed by atoms with Crippen LogP contribution in [-0.4, -0.2) is 88.9 Å². The van der Waals surface area contributed by atoms with E-state index in [1.165, 1.54) is 0 Å². The highest BCUT2D eigenvalue weighted by atomic mass is 16.6. The van der Waals surface area contributed by atoms with Crippen LogP contribution in [-0.2, 0) is 28.6 Å². The molecule has 0 fully saturated rings. The summed E-state index contributed by atoms with van der Waals surface area (Å²) in [5.41, 5.74) is 0. The van der Waals surface area contributed by atoms with Crippen LogP contribution in [0.5, 0.6) is 5.75 Å². The summed E-state index contributed by atoms with van der Waals surface area (Å²) in [5, 5.41) is 8.11. The lowest BCUT2D eigenvalue weighted by atomic mass is 9.97. The number of ether oxygens (including phenoxy) is 4. The molecule has 2 amide bonds. The maximum Gasteiger partial charge on any atom is 0.407 e. The summed E-state index contributed by atoms with van der Waals surface area (Å²) in [4.78, 5) is 50.6. The van der Waals surface area contributed by atoms with Gasteiger partial charge >= 0.3 is 6.09 Å². The molecule has 3 N–H and O–H groups in total. The summed E-state index contributed by atoms with van der Waals surface area (Å²) in [6, 6.07) is 7.49. The number of hydrogen-bond donors (Lipinski definition) is 3. The number of methoxy groups -OCH3 is 1. The number of carbonyl (C=O) groups is 4. The molecule has 0 bridgehead atoms. The topological polar surface area (TPSA) is 141 Å². The van der Waals surface area contributed by atoms with Crippen LogP contribution in [0.25, 0.3) is 0 Å². The minimum absolute atomic E-state index is 0.0346. The van der Waals surface area contributed by atoms with Crippen molar-refractivity contribution in [3.05, 3.63) is 30.3 Å². The molecular formula is C28H45N3O8. The number of alkyl carbamates (subject to hydrolysis) is 1. The lowest BCUT2D eigenvalue weighted by molar-refractivity contribution is -0.139. The second-order valence-corrected chi connectivity index (χ2v) is 9.88. The van der Waals surface area contributed by atoms with Crippen molar-refractivity contribution < 1.29 is 38.1 Å². The molecule has 0 radical (unpaired) electrons. The fourth-order valence-corrected chi connectivity index (χ4v) is 3.56. The lowest BCUT2D eigenvalue weighted by Crippen LogP contribution is -2.51. The third kappa shape index (κ3) is 15.9. The van der Waals surface area contributed by atoms with Gasteiger partial charge in [-0.1, -0.05) is 45.9 Å². The number of benzene rings is 1. The molecule has 11 heteroatoms. The Morgan fingerprint density at radius 2 is 1.46 bits per heavy atom. The minimum atomic E-state index is -0.847. The number of rotatable bonds is 21. The first-order valence-electron chi connectivity index (χ1n) is 13.4. The van der Waals surface area contributed by atoms with E-state index in [1.54, 1.807) is 19.2 Å². The van der Waals surface area contributed by atoms with Crippen LogP contribution in [0.1, 0.15) is 40.5 Å². The number of Topliss-reactive ketones (excluding diaryl/α,β-unsaturated/α-hetero) is 2. The number of carbonyl (C=O) groups excluding carboxylic acids is 4. The van der Waals surface area contributed by atoms with E-state index in [1.807, 2.05) is 45.9 Å². The maximum atomic E-state index is 13.0. The quantitative estimate of drug-likeness (QED) is 0.155. The van der Waals surface area contributed by atoms with Gasteiger partial charge in [0.05, 0.1) is 45.0 Å². The molecule has 0 saturated heterocycles. The fourth-order valence-electron chi connectivity index (χ4n) is 3.56. The van der Waals surface area contributed by atoms with Gasteiger partial charge in [0.25, 0.3) is 5.91 Å². The van der Waals surface area contributed by atoms with Crippen LogP contribution < -0.4 is 20.7 Å². The third-order valence-corrected chi connectivity index (χ3v) is 5.45. The van der Waals surface area contributed by atoms with Crippen LogP contribution in [0.4, 0.5) is 4.79 Å². The summed E-state index contributed by atoms with van der Waals surface area (Å²) >= 11 is 0. The molecule has 1 rings (SSSR count). The van der Waals surface area contributed by atoms with Gasteiger partial charge in [-0.2, -0.15) is 0 Å². The van der Waals surface area contributed by atoms with E-state index in [0.717, 1.165) is 0 Å². The Balaban J connectivity index is 2.59. The zero-order valence-corrected chi connectivity index (χ0v) is 23.8. The smallest absolute Gasteiger partial charge is 0.407 e. The fraction of sp³-hybridized carbons (Fsp3) is 0.643. The monoisotopic (exact) mass is 551 g/mol. The highest BCUT2D eigenvalue weighted by Crippen LogP contribution is 2.09. The Labute approximate surface area is 231 Å². The summed E-state index contributed by atoms with van der Waals surface area (Å²) < 4.78 is 20.8. The van der Waals surface area contributed by atoms with E-state index >= 15 is 0 Å². The van der Waals surface area contributed by atoms with Gasteiger partial charge < -0.3 is 29.6 Å². The Hall–Kier alpha value is -3.02. The van der Waals surface area contributed by atoms with Crippen molar-refractivity contribution in [3.63, 3.8) is 0 Å². The van der Waals surface area contributed by atoms with Gasteiger partial charge in [-0.05, 0) is 36.8 Å². The summed E-state index contributed by atoms with van der Waals surface area (Å²) in [5.74, 6) is -0.826. The Bertz CT molecular complexity index is 864. The van der Waals surface area contributed by atoms with E-state index in [9.17, 15) is 19.2 Å². The van der Waals surface area contributed by atoms with E-state index in [0.29, 0.717) is 31.8 Å². The van der Waals surface area contributed by atoms with Gasteiger partial charge in [0.15, 0.2) is 5.78 Å². The lowest BCUT2D eigenvalue weighted by Gasteiger charge is -2.22. The van der Waals surface area contributed by atoms with Gasteiger partial charge in [-0.15, -0.1) is 0 Å². The van der Waals surface area contributed by atoms with Gasteiger partial charge in [-0.25, -0.2) is 4.79 Å². The maximum absolute atomic E-state index is 13.0. The molecule has 0 spiro atoms. The largest absolute Gasteiger partial charge is 0.492 e. The number of nitrogens with one attached hydrogen (secondary N) is 3. The van der Waals surface area contributed by atoms with Gasteiger partial charge in [-0.3, -0.25) is 19.7 Å². The van der Waals surface area contributed by atoms with E-state index < -0.39 is 29.9 Å². The minimum Gasteiger partial charge on any atom is -0.492 e. The average Bonchev–Trinajstić information content (AvgIpc) is 2.90. The summed E-state index contributed by atoms with van der Waals surface area (Å²) in [6.45, 7) is 8.96. The number of para-hydroxylation sites is 1. The molecule has 0 aliphatic carbocycles. The van der Waals surface area contributed by atoms with E-state index in [2.05, 4.69) is 16.0 Å². The van der Waals surface area contributed by atoms with Crippen molar-refractivity contribution >= 4 is 23.6 Å². The van der Waals surface area contributed by atoms with Crippen molar-refractivity contribution in [2.45, 2.75) is 52.6 Å². The Morgan fingerprint density at radius 1 is 0.821 bits per heavy atom. The van der Waals surface area contributed by atoms with Crippen molar-refractivity contribution in [1.29, 1.82) is 0 Å². The van der Waals surface area contributed by atoms with Crippen LogP contribution in [0.2, 0.25) is 0 Å². The number of ketones is 2. The normalized spacial score (nSPS) is 12.6. The molecule has 39 heavy (non-hydrogen) atoms. The molecular weight excluding hydrogens is 506 g/mol. The first-order chi connectivity index (χ1) is 18.6. The molecule has 0 aliphatic rings. The molecule has 2 atom stereocenters. The Kier molecular flexibility index (Phi) is 17.4. The van der Waals surface area contributed by atoms with Crippen molar-refractivity contribution in [1.82, 2.24) is 16.0 Å². The molecule has 0 unspecified atom stereocenters. The van der Waals surface area contributed by atoms with Crippen LogP contribution in [0.15, 0.2) is 30.3 Å². The van der Waals surface area contributed by atoms with Crippen molar-refractivity contribution in [2.75, 3.05) is 53.2 Å². The zero-order valence-electron chi connectivity index (χ0n) is 23.8. The van der Waals surface area contributed by atoms with Crippen LogP contribution >= 0.6 is 0 Å². The number of amides is 2. The van der Waals surface area contributed by atoms with E-state index in [4.69, 9.17) is 18.9 Å². The predicted molar refractivity (Wildman–Crippen MR) is 147 cm³/mol. The first kappa shape index (κ1) is 34.0. The molecule has 220 valence electrons. The molecule has 0 aliphatic heterocycles. The summed E-state index contributed by atoms with van der Waals surface area (Å²) in [6.07, 6.45) is 0.0363. The molecule has 0 saturated carbocycles. The molecule has 0 aromatic heterocycles. The van der Waals surface area contributed by atoms with Crippen LogP contribution in [0.3, 0.4) is 0 Å². The van der Waals surface area contributed by atoms with Gasteiger partial charge in [0.1, 0.15) is 19.0 Å². The zero-order chi connectivity index (χ0) is 29.0. The van der Waals surface area contributed by atoms with Gasteiger partial charge in [0.2, 0.25) is 5.78 Å². The van der Waals surface area contributed by atoms with Crippen LogP contribution in [0, 0.1) is 11.8 Å². The van der Waals surface area contributed by atoms with E-state index in [-0.39, 0.29) is 50.5 Å². The third-order valence-electron chi connectivity index (χ3n) is 5.45. The second-order valence-electron chi connectivity index (χ2n) is 9.88. The second kappa shape index (κ2) is 20.0. The standard InChI is InChI=1S/C28H45N3O8/c1-20(2)17-23(31-28(35)39-16-15-37-14-13-36-5)25(32)19-30-24(18-21(3)4)26(33)27(34)29-11-12-38-22-9-7-6-8-10-22/h6-10,20-21,23-24,30H,11-19H2,1-5H3,(H,29,34)(H,31,35)/t23-,24-/m0/s1. The SMILES string of the molecule is COCCOCCOC(=O)N[C@@H](CC(C)C)C(=O)CN[C@@H](CC(C)C)C(=O)C(=O)NCCOc1ccccc1. The predicted octanol–water partition coefficient (Wildman–Crippen LogP) is 2.13. The Morgan fingerprint density at radius 3 is 2.10 bits per heavy atom. The molecule has 1 aromatic carbocycles. The average molecular weight is 552 g/mol. The molecule has 1 aromatic rings. The first-order valence-corrected chi connectivity index (χ1v) is 13.4. The number of hydrogen-bond acceptors (Lipinski definition) is 9. The highest BCUT2D eigenvalue weighted by Gasteiger charge is 2.28. The summed E-state index contributed by atoms with van der Waals surface area (Å²) in [7, 11) is 1.56. The molecule has 0 heterocycles.